The second-order valence-corrected chi connectivity index (χ2v) is 6.59. The molecule has 0 radical (unpaired) electrons. The second-order valence-electron chi connectivity index (χ2n) is 6.59. The van der Waals surface area contributed by atoms with Crippen LogP contribution in [0.1, 0.15) is 31.4 Å². The summed E-state index contributed by atoms with van der Waals surface area (Å²) < 4.78 is 13.3. The van der Waals surface area contributed by atoms with Crippen LogP contribution in [0, 0.1) is 5.92 Å². The summed E-state index contributed by atoms with van der Waals surface area (Å²) in [6, 6.07) is 0.162. The SMILES string of the molecule is CO[C@@H]1CCC[C@@H]1[C@@H]1COCCN1C(=O)CCc1cncn1C. The van der Waals surface area contributed by atoms with Crippen LogP contribution in [-0.4, -0.2) is 59.4 Å². The van der Waals surface area contributed by atoms with E-state index in [1.165, 1.54) is 6.42 Å². The number of carbonyl (C=O) groups excluding carboxylic acids is 1. The van der Waals surface area contributed by atoms with E-state index in [4.69, 9.17) is 9.47 Å². The topological polar surface area (TPSA) is 56.6 Å². The van der Waals surface area contributed by atoms with Gasteiger partial charge in [-0.25, -0.2) is 4.98 Å². The molecule has 1 aromatic rings. The van der Waals surface area contributed by atoms with Crippen molar-refractivity contribution in [3.63, 3.8) is 0 Å². The fourth-order valence-electron chi connectivity index (χ4n) is 3.98. The average molecular weight is 321 g/mol. The number of ether oxygens (including phenoxy) is 2. The number of imidazole rings is 1. The van der Waals surface area contributed by atoms with Crippen LogP contribution in [0.2, 0.25) is 0 Å². The molecule has 0 N–H and O–H groups in total. The zero-order chi connectivity index (χ0) is 16.2. The molecule has 128 valence electrons. The second kappa shape index (κ2) is 7.45. The van der Waals surface area contributed by atoms with Crippen molar-refractivity contribution in [2.75, 3.05) is 26.9 Å². The smallest absolute Gasteiger partial charge is 0.223 e. The zero-order valence-electron chi connectivity index (χ0n) is 14.1. The maximum Gasteiger partial charge on any atom is 0.223 e. The molecule has 6 nitrogen and oxygen atoms in total. The van der Waals surface area contributed by atoms with Gasteiger partial charge in [0.05, 0.1) is 31.7 Å². The van der Waals surface area contributed by atoms with Gasteiger partial charge in [0.1, 0.15) is 0 Å². The quantitative estimate of drug-likeness (QED) is 0.822. The minimum atomic E-state index is 0.162. The Morgan fingerprint density at radius 1 is 1.48 bits per heavy atom. The van der Waals surface area contributed by atoms with Crippen molar-refractivity contribution in [1.82, 2.24) is 14.5 Å². The van der Waals surface area contributed by atoms with Gasteiger partial charge in [0.25, 0.3) is 0 Å². The molecule has 0 unspecified atom stereocenters. The number of carbonyl (C=O) groups is 1. The van der Waals surface area contributed by atoms with Crippen LogP contribution >= 0.6 is 0 Å². The Morgan fingerprint density at radius 3 is 3.09 bits per heavy atom. The normalized spacial score (nSPS) is 28.3. The molecule has 0 aromatic carbocycles. The monoisotopic (exact) mass is 321 g/mol. The third kappa shape index (κ3) is 3.58. The van der Waals surface area contributed by atoms with Crippen molar-refractivity contribution in [1.29, 1.82) is 0 Å². The van der Waals surface area contributed by atoms with Gasteiger partial charge in [0, 0.05) is 44.9 Å². The zero-order valence-corrected chi connectivity index (χ0v) is 14.1. The van der Waals surface area contributed by atoms with Gasteiger partial charge in [0.2, 0.25) is 5.91 Å². The maximum absolute atomic E-state index is 12.8. The summed E-state index contributed by atoms with van der Waals surface area (Å²) in [4.78, 5) is 18.9. The van der Waals surface area contributed by atoms with E-state index in [0.29, 0.717) is 32.1 Å². The lowest BCUT2D eigenvalue weighted by atomic mass is 9.93. The standard InChI is InChI=1S/C17H27N3O3/c1-19-12-18-10-13(19)6-7-17(21)20-8-9-23-11-15(20)14-4-3-5-16(14)22-2/h10,12,14-16H,3-9,11H2,1-2H3/t14-,15+,16-/m1/s1. The first-order valence-electron chi connectivity index (χ1n) is 8.56. The third-order valence-corrected chi connectivity index (χ3v) is 5.30. The molecule has 1 aliphatic carbocycles. The number of hydrogen-bond acceptors (Lipinski definition) is 4. The molecule has 2 heterocycles. The first-order chi connectivity index (χ1) is 11.2. The van der Waals surface area contributed by atoms with E-state index in [9.17, 15) is 4.79 Å². The summed E-state index contributed by atoms with van der Waals surface area (Å²) in [6.45, 7) is 1.97. The lowest BCUT2D eigenvalue weighted by Gasteiger charge is -2.40. The van der Waals surface area contributed by atoms with Gasteiger partial charge in [-0.3, -0.25) is 4.79 Å². The van der Waals surface area contributed by atoms with Gasteiger partial charge in [-0.05, 0) is 19.3 Å². The molecule has 2 aliphatic rings. The Hall–Kier alpha value is -1.40. The van der Waals surface area contributed by atoms with Gasteiger partial charge in [0.15, 0.2) is 0 Å². The summed E-state index contributed by atoms with van der Waals surface area (Å²) in [5, 5.41) is 0. The van der Waals surface area contributed by atoms with Crippen LogP contribution in [0.5, 0.6) is 0 Å². The van der Waals surface area contributed by atoms with Crippen LogP contribution in [-0.2, 0) is 27.7 Å². The summed E-state index contributed by atoms with van der Waals surface area (Å²) in [5.41, 5.74) is 1.10. The molecule has 2 fully saturated rings. The lowest BCUT2D eigenvalue weighted by Crippen LogP contribution is -2.53. The van der Waals surface area contributed by atoms with Gasteiger partial charge in [-0.15, -0.1) is 0 Å². The highest BCUT2D eigenvalue weighted by Crippen LogP contribution is 2.34. The van der Waals surface area contributed by atoms with Crippen LogP contribution in [0.4, 0.5) is 0 Å². The van der Waals surface area contributed by atoms with E-state index in [2.05, 4.69) is 4.98 Å². The van der Waals surface area contributed by atoms with Crippen molar-refractivity contribution in [3.8, 4) is 0 Å². The number of hydrogen-bond donors (Lipinski definition) is 0. The highest BCUT2D eigenvalue weighted by Gasteiger charge is 2.40. The number of morpholine rings is 1. The van der Waals surface area contributed by atoms with E-state index < -0.39 is 0 Å². The van der Waals surface area contributed by atoms with Gasteiger partial charge in [-0.2, -0.15) is 0 Å². The Morgan fingerprint density at radius 2 is 2.35 bits per heavy atom. The van der Waals surface area contributed by atoms with Gasteiger partial charge < -0.3 is 18.9 Å². The highest BCUT2D eigenvalue weighted by atomic mass is 16.5. The predicted molar refractivity (Wildman–Crippen MR) is 86.0 cm³/mol. The van der Waals surface area contributed by atoms with Gasteiger partial charge in [-0.1, -0.05) is 6.42 Å². The third-order valence-electron chi connectivity index (χ3n) is 5.30. The first kappa shape index (κ1) is 16.5. The minimum Gasteiger partial charge on any atom is -0.381 e. The summed E-state index contributed by atoms with van der Waals surface area (Å²) in [5.74, 6) is 0.627. The van der Waals surface area contributed by atoms with Crippen LogP contribution in [0.3, 0.4) is 0 Å². The van der Waals surface area contributed by atoms with Crippen molar-refractivity contribution in [3.05, 3.63) is 18.2 Å². The van der Waals surface area contributed by atoms with E-state index in [1.54, 1.807) is 13.4 Å². The van der Waals surface area contributed by atoms with Crippen molar-refractivity contribution in [2.45, 2.75) is 44.2 Å². The van der Waals surface area contributed by atoms with Gasteiger partial charge >= 0.3 is 0 Å². The average Bonchev–Trinajstić information content (AvgIpc) is 3.21. The largest absolute Gasteiger partial charge is 0.381 e. The molecule has 3 atom stereocenters. The molecule has 0 bridgehead atoms. The fraction of sp³-hybridized carbons (Fsp3) is 0.765. The summed E-state index contributed by atoms with van der Waals surface area (Å²) >= 11 is 0. The molecule has 1 aliphatic heterocycles. The molecule has 1 saturated heterocycles. The number of rotatable bonds is 5. The summed E-state index contributed by atoms with van der Waals surface area (Å²) in [7, 11) is 3.74. The molecular weight excluding hydrogens is 294 g/mol. The van der Waals surface area contributed by atoms with E-state index in [-0.39, 0.29) is 18.1 Å². The van der Waals surface area contributed by atoms with Crippen molar-refractivity contribution < 1.29 is 14.3 Å². The first-order valence-corrected chi connectivity index (χ1v) is 8.56. The van der Waals surface area contributed by atoms with Crippen LogP contribution in [0.25, 0.3) is 0 Å². The Labute approximate surface area is 137 Å². The lowest BCUT2D eigenvalue weighted by molar-refractivity contribution is -0.144. The highest BCUT2D eigenvalue weighted by molar-refractivity contribution is 5.77. The van der Waals surface area contributed by atoms with E-state index >= 15 is 0 Å². The Balaban J connectivity index is 1.63. The number of nitrogens with zero attached hydrogens (tertiary/aromatic N) is 3. The molecule has 1 saturated carbocycles. The molecule has 6 heteroatoms. The Kier molecular flexibility index (Phi) is 5.33. The minimum absolute atomic E-state index is 0.162. The van der Waals surface area contributed by atoms with E-state index in [1.807, 2.05) is 22.7 Å². The number of aromatic nitrogens is 2. The van der Waals surface area contributed by atoms with Crippen molar-refractivity contribution >= 4 is 5.91 Å². The molecule has 23 heavy (non-hydrogen) atoms. The number of amides is 1. The maximum atomic E-state index is 12.8. The number of aryl methyl sites for hydroxylation is 2. The molecular formula is C17H27N3O3. The van der Waals surface area contributed by atoms with Crippen LogP contribution in [0.15, 0.2) is 12.5 Å². The Bertz CT molecular complexity index is 531. The summed E-state index contributed by atoms with van der Waals surface area (Å²) in [6.07, 6.45) is 8.53. The predicted octanol–water partition coefficient (Wildman–Crippen LogP) is 1.40. The van der Waals surface area contributed by atoms with Crippen molar-refractivity contribution in [2.24, 2.45) is 13.0 Å². The number of methoxy groups -OCH3 is 1. The van der Waals surface area contributed by atoms with E-state index in [0.717, 1.165) is 25.0 Å². The molecule has 3 rings (SSSR count). The fourth-order valence-corrected chi connectivity index (χ4v) is 3.98. The van der Waals surface area contributed by atoms with Crippen LogP contribution < -0.4 is 0 Å². The molecule has 0 spiro atoms. The molecule has 1 aromatic heterocycles. The molecule has 1 amide bonds.